The molecule has 2 N–H and O–H groups in total. The van der Waals surface area contributed by atoms with E-state index in [0.29, 0.717) is 10.8 Å². The van der Waals surface area contributed by atoms with Crippen molar-refractivity contribution >= 4 is 35.3 Å². The molecule has 0 radical (unpaired) electrons. The first-order chi connectivity index (χ1) is 14.0. The zero-order valence-corrected chi connectivity index (χ0v) is 17.3. The van der Waals surface area contributed by atoms with Gasteiger partial charge in [-0.05, 0) is 55.8 Å². The lowest BCUT2D eigenvalue weighted by Gasteiger charge is -2.20. The number of rotatable bonds is 10. The number of amides is 2. The van der Waals surface area contributed by atoms with Gasteiger partial charge in [-0.1, -0.05) is 23.7 Å². The van der Waals surface area contributed by atoms with E-state index in [1.807, 2.05) is 24.3 Å². The molecule has 0 spiro atoms. The van der Waals surface area contributed by atoms with Gasteiger partial charge in [0.2, 0.25) is 0 Å². The predicted molar refractivity (Wildman–Crippen MR) is 116 cm³/mol. The number of hydrazone groups is 1. The van der Waals surface area contributed by atoms with Crippen molar-refractivity contribution in [3.05, 3.63) is 59.1 Å². The van der Waals surface area contributed by atoms with Gasteiger partial charge in [0.25, 0.3) is 11.8 Å². The number of anilines is 1. The van der Waals surface area contributed by atoms with Gasteiger partial charge < -0.3 is 15.0 Å². The fraction of sp³-hybridized carbons (Fsp3) is 0.286. The Bertz CT molecular complexity index is 819. The summed E-state index contributed by atoms with van der Waals surface area (Å²) in [4.78, 5) is 25.7. The van der Waals surface area contributed by atoms with Crippen LogP contribution in [0.2, 0.25) is 5.02 Å². The topological polar surface area (TPSA) is 83.0 Å². The summed E-state index contributed by atoms with van der Waals surface area (Å²) < 4.78 is 5.30. The van der Waals surface area contributed by atoms with Crippen LogP contribution in [0.1, 0.15) is 19.4 Å². The Kier molecular flexibility index (Phi) is 8.98. The van der Waals surface area contributed by atoms with Crippen LogP contribution in [0, 0.1) is 0 Å². The maximum atomic E-state index is 11.8. The second-order valence-corrected chi connectivity index (χ2v) is 6.51. The average molecular weight is 417 g/mol. The number of carbonyl (C=O) groups is 2. The minimum atomic E-state index is -0.430. The lowest BCUT2D eigenvalue weighted by atomic mass is 10.2. The number of nitrogens with one attached hydrogen (secondary N) is 2. The molecular formula is C21H25ClN4O3. The number of halogens is 1. The SMILES string of the molecule is CCN(CC)c1ccc(/C=N\NC(=O)CNC(=O)COc2ccc(Cl)cc2)cc1. The van der Waals surface area contributed by atoms with Crippen molar-refractivity contribution in [3.63, 3.8) is 0 Å². The molecule has 7 nitrogen and oxygen atoms in total. The first-order valence-electron chi connectivity index (χ1n) is 9.33. The lowest BCUT2D eigenvalue weighted by molar-refractivity contribution is -0.127. The van der Waals surface area contributed by atoms with Crippen molar-refractivity contribution in [3.8, 4) is 5.75 Å². The summed E-state index contributed by atoms with van der Waals surface area (Å²) in [6.07, 6.45) is 1.55. The van der Waals surface area contributed by atoms with Crippen molar-refractivity contribution in [1.82, 2.24) is 10.7 Å². The zero-order valence-electron chi connectivity index (χ0n) is 16.5. The molecule has 2 aromatic rings. The third kappa shape index (κ3) is 7.83. The maximum absolute atomic E-state index is 11.8. The molecule has 8 heteroatoms. The Morgan fingerprint density at radius 2 is 1.69 bits per heavy atom. The van der Waals surface area contributed by atoms with E-state index >= 15 is 0 Å². The van der Waals surface area contributed by atoms with Crippen molar-refractivity contribution in [2.45, 2.75) is 13.8 Å². The van der Waals surface area contributed by atoms with Crippen LogP contribution in [0.3, 0.4) is 0 Å². The summed E-state index contributed by atoms with van der Waals surface area (Å²) in [6, 6.07) is 14.5. The molecule has 0 aliphatic rings. The smallest absolute Gasteiger partial charge is 0.259 e. The maximum Gasteiger partial charge on any atom is 0.259 e. The number of ether oxygens (including phenoxy) is 1. The highest BCUT2D eigenvalue weighted by molar-refractivity contribution is 6.30. The van der Waals surface area contributed by atoms with E-state index in [9.17, 15) is 9.59 Å². The molecular weight excluding hydrogens is 392 g/mol. The summed E-state index contributed by atoms with van der Waals surface area (Å²) in [7, 11) is 0. The van der Waals surface area contributed by atoms with Gasteiger partial charge in [0.15, 0.2) is 6.61 Å². The molecule has 0 fully saturated rings. The first-order valence-corrected chi connectivity index (χ1v) is 9.71. The molecule has 2 rings (SSSR count). The number of hydrogen-bond acceptors (Lipinski definition) is 5. The predicted octanol–water partition coefficient (Wildman–Crippen LogP) is 2.83. The quantitative estimate of drug-likeness (QED) is 0.461. The number of nitrogens with zero attached hydrogens (tertiary/aromatic N) is 2. The number of benzene rings is 2. The summed E-state index contributed by atoms with van der Waals surface area (Å²) in [5.74, 6) is -0.322. The van der Waals surface area contributed by atoms with Gasteiger partial charge in [0, 0.05) is 23.8 Å². The molecule has 0 bridgehead atoms. The molecule has 0 saturated heterocycles. The van der Waals surface area contributed by atoms with Crippen LogP contribution in [-0.2, 0) is 9.59 Å². The fourth-order valence-corrected chi connectivity index (χ4v) is 2.61. The van der Waals surface area contributed by atoms with E-state index in [1.54, 1.807) is 30.5 Å². The Hall–Kier alpha value is -3.06. The van der Waals surface area contributed by atoms with Crippen LogP contribution in [0.4, 0.5) is 5.69 Å². The minimum absolute atomic E-state index is 0.193. The highest BCUT2D eigenvalue weighted by Gasteiger charge is 2.06. The van der Waals surface area contributed by atoms with Crippen LogP contribution >= 0.6 is 11.6 Å². The summed E-state index contributed by atoms with van der Waals surface area (Å²) >= 11 is 5.78. The average Bonchev–Trinajstić information content (AvgIpc) is 2.74. The Morgan fingerprint density at radius 1 is 1.03 bits per heavy atom. The molecule has 0 unspecified atom stereocenters. The Labute approximate surface area is 175 Å². The molecule has 2 amide bonds. The summed E-state index contributed by atoms with van der Waals surface area (Å²) in [5, 5.41) is 6.95. The van der Waals surface area contributed by atoms with Crippen LogP contribution in [0.5, 0.6) is 5.75 Å². The van der Waals surface area contributed by atoms with Gasteiger partial charge in [-0.3, -0.25) is 9.59 Å². The van der Waals surface area contributed by atoms with Gasteiger partial charge in [-0.25, -0.2) is 5.43 Å². The largest absolute Gasteiger partial charge is 0.484 e. The van der Waals surface area contributed by atoms with Crippen LogP contribution in [-0.4, -0.2) is 44.3 Å². The Morgan fingerprint density at radius 3 is 2.31 bits per heavy atom. The van der Waals surface area contributed by atoms with Crippen molar-refractivity contribution < 1.29 is 14.3 Å². The van der Waals surface area contributed by atoms with E-state index in [4.69, 9.17) is 16.3 Å². The third-order valence-corrected chi connectivity index (χ3v) is 4.31. The fourth-order valence-electron chi connectivity index (χ4n) is 2.49. The number of hydrogen-bond donors (Lipinski definition) is 2. The number of carbonyl (C=O) groups excluding carboxylic acids is 2. The highest BCUT2D eigenvalue weighted by atomic mass is 35.5. The second kappa shape index (κ2) is 11.7. The van der Waals surface area contributed by atoms with E-state index in [1.165, 1.54) is 0 Å². The molecule has 2 aromatic carbocycles. The first kappa shape index (κ1) is 22.2. The van der Waals surface area contributed by atoms with Crippen LogP contribution in [0.25, 0.3) is 0 Å². The van der Waals surface area contributed by atoms with Crippen molar-refractivity contribution in [2.75, 3.05) is 31.1 Å². The minimum Gasteiger partial charge on any atom is -0.484 e. The van der Waals surface area contributed by atoms with Crippen LogP contribution < -0.4 is 20.4 Å². The molecule has 29 heavy (non-hydrogen) atoms. The Balaban J connectivity index is 1.69. The highest BCUT2D eigenvalue weighted by Crippen LogP contribution is 2.15. The normalized spacial score (nSPS) is 10.6. The van der Waals surface area contributed by atoms with Gasteiger partial charge >= 0.3 is 0 Å². The second-order valence-electron chi connectivity index (χ2n) is 6.08. The van der Waals surface area contributed by atoms with Gasteiger partial charge in [0.05, 0.1) is 12.8 Å². The molecule has 0 aliphatic carbocycles. The molecule has 154 valence electrons. The summed E-state index contributed by atoms with van der Waals surface area (Å²) in [5.41, 5.74) is 4.38. The van der Waals surface area contributed by atoms with E-state index < -0.39 is 11.8 Å². The van der Waals surface area contributed by atoms with E-state index in [-0.39, 0.29) is 13.2 Å². The lowest BCUT2D eigenvalue weighted by Crippen LogP contribution is -2.37. The van der Waals surface area contributed by atoms with Crippen molar-refractivity contribution in [2.24, 2.45) is 5.10 Å². The van der Waals surface area contributed by atoms with Gasteiger partial charge in [-0.2, -0.15) is 5.10 Å². The molecule has 0 atom stereocenters. The standard InChI is InChI=1S/C21H25ClN4O3/c1-3-26(4-2)18-9-5-16(6-10-18)13-24-25-20(27)14-23-21(28)15-29-19-11-7-17(22)8-12-19/h5-13H,3-4,14-15H2,1-2H3,(H,23,28)(H,25,27)/b24-13-. The monoisotopic (exact) mass is 416 g/mol. The molecule has 0 heterocycles. The molecule has 0 aliphatic heterocycles. The molecule has 0 saturated carbocycles. The van der Waals surface area contributed by atoms with E-state index in [0.717, 1.165) is 24.3 Å². The molecule has 0 aromatic heterocycles. The van der Waals surface area contributed by atoms with Crippen LogP contribution in [0.15, 0.2) is 53.6 Å². The third-order valence-electron chi connectivity index (χ3n) is 4.05. The van der Waals surface area contributed by atoms with Gasteiger partial charge in [0.1, 0.15) is 5.75 Å². The zero-order chi connectivity index (χ0) is 21.1. The van der Waals surface area contributed by atoms with Crippen molar-refractivity contribution in [1.29, 1.82) is 0 Å². The van der Waals surface area contributed by atoms with Gasteiger partial charge in [-0.15, -0.1) is 0 Å². The summed E-state index contributed by atoms with van der Waals surface area (Å²) in [6.45, 7) is 5.71. The van der Waals surface area contributed by atoms with E-state index in [2.05, 4.69) is 34.6 Å².